The molecule has 0 spiro atoms. The first-order valence-corrected chi connectivity index (χ1v) is 11.8. The smallest absolute Gasteiger partial charge is 0.242 e. The molecule has 1 aromatic rings. The number of nitrogens with one attached hydrogen (secondary N) is 1. The van der Waals surface area contributed by atoms with Crippen LogP contribution in [0.4, 0.5) is 0 Å². The normalized spacial score (nSPS) is 22.6. The number of aliphatic imine (C=N–C) groups is 1. The Morgan fingerprint density at radius 2 is 2.04 bits per heavy atom. The zero-order chi connectivity index (χ0) is 20.1. The molecule has 28 heavy (non-hydrogen) atoms. The Morgan fingerprint density at radius 3 is 2.64 bits per heavy atom. The first-order chi connectivity index (χ1) is 13.4. The summed E-state index contributed by atoms with van der Waals surface area (Å²) in [6, 6.07) is 7.53. The van der Waals surface area contributed by atoms with Gasteiger partial charge in [-0.15, -0.1) is 0 Å². The summed E-state index contributed by atoms with van der Waals surface area (Å²) in [6.07, 6.45) is 0.666. The average molecular weight is 427 g/mol. The van der Waals surface area contributed by atoms with Crippen molar-refractivity contribution in [2.75, 3.05) is 44.2 Å². The van der Waals surface area contributed by atoms with Crippen molar-refractivity contribution in [2.45, 2.75) is 19.9 Å². The predicted molar refractivity (Wildman–Crippen MR) is 111 cm³/mol. The maximum atomic E-state index is 12.6. The van der Waals surface area contributed by atoms with Crippen molar-refractivity contribution in [3.8, 4) is 0 Å². The van der Waals surface area contributed by atoms with Gasteiger partial charge in [0.05, 0.1) is 18.1 Å². The van der Waals surface area contributed by atoms with E-state index in [1.807, 2.05) is 41.0 Å². The Morgan fingerprint density at radius 1 is 1.29 bits per heavy atom. The second kappa shape index (κ2) is 9.13. The van der Waals surface area contributed by atoms with Gasteiger partial charge in [-0.1, -0.05) is 23.7 Å². The van der Waals surface area contributed by atoms with Crippen LogP contribution in [0.15, 0.2) is 29.3 Å². The van der Waals surface area contributed by atoms with Gasteiger partial charge in [0.25, 0.3) is 0 Å². The lowest BCUT2D eigenvalue weighted by molar-refractivity contribution is -0.135. The number of halogens is 1. The van der Waals surface area contributed by atoms with Crippen molar-refractivity contribution in [3.63, 3.8) is 0 Å². The molecule has 1 amide bonds. The number of carbonyl (C=O) groups excluding carboxylic acids is 1. The lowest BCUT2D eigenvalue weighted by Gasteiger charge is -2.36. The minimum atomic E-state index is -2.90. The molecule has 1 aromatic carbocycles. The summed E-state index contributed by atoms with van der Waals surface area (Å²) in [6.45, 7) is 5.29. The molecule has 2 saturated heterocycles. The molecule has 1 N–H and O–H groups in total. The van der Waals surface area contributed by atoms with Gasteiger partial charge in [-0.3, -0.25) is 9.79 Å². The van der Waals surface area contributed by atoms with Gasteiger partial charge >= 0.3 is 0 Å². The van der Waals surface area contributed by atoms with Gasteiger partial charge in [-0.05, 0) is 37.0 Å². The number of benzene rings is 1. The number of hydrogen-bond acceptors (Lipinski definition) is 4. The molecule has 0 aromatic heterocycles. The third-order valence-electron chi connectivity index (χ3n) is 5.07. The summed E-state index contributed by atoms with van der Waals surface area (Å²) >= 11 is 5.92. The van der Waals surface area contributed by atoms with Crippen molar-refractivity contribution in [3.05, 3.63) is 34.9 Å². The molecule has 7 nitrogen and oxygen atoms in total. The second-order valence-electron chi connectivity index (χ2n) is 7.33. The minimum absolute atomic E-state index is 0.0512. The number of amides is 1. The third kappa shape index (κ3) is 5.61. The highest BCUT2D eigenvalue weighted by molar-refractivity contribution is 7.91. The van der Waals surface area contributed by atoms with E-state index < -0.39 is 9.84 Å². The number of carbonyl (C=O) groups is 1. The third-order valence-corrected chi connectivity index (χ3v) is 7.15. The van der Waals surface area contributed by atoms with Crippen LogP contribution >= 0.6 is 11.6 Å². The number of piperazine rings is 1. The Kier molecular flexibility index (Phi) is 6.82. The van der Waals surface area contributed by atoms with Crippen molar-refractivity contribution < 1.29 is 13.2 Å². The van der Waals surface area contributed by atoms with Crippen LogP contribution in [0.2, 0.25) is 5.02 Å². The Balaban J connectivity index is 1.58. The first-order valence-electron chi connectivity index (χ1n) is 9.62. The van der Waals surface area contributed by atoms with Crippen LogP contribution in [0, 0.1) is 5.92 Å². The molecule has 9 heteroatoms. The molecule has 0 saturated carbocycles. The quantitative estimate of drug-likeness (QED) is 0.568. The maximum Gasteiger partial charge on any atom is 0.242 e. The molecular weight excluding hydrogens is 400 g/mol. The molecule has 0 bridgehead atoms. The Bertz CT molecular complexity index is 826. The van der Waals surface area contributed by atoms with Crippen LogP contribution in [-0.2, 0) is 21.2 Å². The van der Waals surface area contributed by atoms with Crippen LogP contribution in [0.1, 0.15) is 18.9 Å². The summed E-state index contributed by atoms with van der Waals surface area (Å²) in [5.41, 5.74) is 1.05. The highest BCUT2D eigenvalue weighted by Crippen LogP contribution is 2.19. The number of sulfone groups is 1. The summed E-state index contributed by atoms with van der Waals surface area (Å²) in [4.78, 5) is 21.0. The van der Waals surface area contributed by atoms with E-state index in [1.165, 1.54) is 0 Å². The number of guanidine groups is 1. The molecule has 1 unspecified atom stereocenters. The maximum absolute atomic E-state index is 12.6. The standard InChI is InChI=1S/C19H27ClN4O3S/c1-2-21-19(22-11-16-7-10-28(26,27)14-16)24-9-8-23(18(25)13-24)12-15-3-5-17(20)6-4-15/h3-6,16H,2,7-14H2,1H3,(H,21,22). The number of hydrogen-bond donors (Lipinski definition) is 1. The molecule has 0 radical (unpaired) electrons. The molecule has 0 aliphatic carbocycles. The number of nitrogens with zero attached hydrogens (tertiary/aromatic N) is 3. The molecule has 1 atom stereocenters. The SMILES string of the molecule is CCNC(=NCC1CCS(=O)(=O)C1)N1CCN(Cc2ccc(Cl)cc2)C(=O)C1. The molecular formula is C19H27ClN4O3S. The van der Waals surface area contributed by atoms with E-state index in [0.717, 1.165) is 5.56 Å². The summed E-state index contributed by atoms with van der Waals surface area (Å²) in [7, 11) is -2.90. The van der Waals surface area contributed by atoms with E-state index in [0.29, 0.717) is 50.1 Å². The van der Waals surface area contributed by atoms with E-state index in [9.17, 15) is 13.2 Å². The first kappa shape index (κ1) is 20.9. The Labute approximate surface area is 171 Å². The highest BCUT2D eigenvalue weighted by atomic mass is 35.5. The fourth-order valence-corrected chi connectivity index (χ4v) is 5.50. The predicted octanol–water partition coefficient (Wildman–Crippen LogP) is 1.38. The van der Waals surface area contributed by atoms with Crippen molar-refractivity contribution in [2.24, 2.45) is 10.9 Å². The van der Waals surface area contributed by atoms with Crippen molar-refractivity contribution in [1.82, 2.24) is 15.1 Å². The van der Waals surface area contributed by atoms with E-state index in [2.05, 4.69) is 10.3 Å². The van der Waals surface area contributed by atoms with Crippen LogP contribution in [0.5, 0.6) is 0 Å². The molecule has 2 heterocycles. The van der Waals surface area contributed by atoms with Crippen molar-refractivity contribution in [1.29, 1.82) is 0 Å². The lowest BCUT2D eigenvalue weighted by Crippen LogP contribution is -2.55. The van der Waals surface area contributed by atoms with Gasteiger partial charge in [0.1, 0.15) is 0 Å². The molecule has 3 rings (SSSR count). The largest absolute Gasteiger partial charge is 0.357 e. The molecule has 2 aliphatic heterocycles. The van der Waals surface area contributed by atoms with Gasteiger partial charge < -0.3 is 15.1 Å². The topological polar surface area (TPSA) is 82.1 Å². The average Bonchev–Trinajstić information content (AvgIpc) is 3.01. The van der Waals surface area contributed by atoms with Crippen LogP contribution in [0.25, 0.3) is 0 Å². The molecule has 2 fully saturated rings. The van der Waals surface area contributed by atoms with Crippen LogP contribution in [-0.4, -0.2) is 74.3 Å². The van der Waals surface area contributed by atoms with Gasteiger partial charge in [0.2, 0.25) is 5.91 Å². The van der Waals surface area contributed by atoms with Gasteiger partial charge in [-0.2, -0.15) is 0 Å². The lowest BCUT2D eigenvalue weighted by atomic mass is 10.1. The van der Waals surface area contributed by atoms with Gasteiger partial charge in [-0.25, -0.2) is 8.42 Å². The minimum Gasteiger partial charge on any atom is -0.357 e. The molecule has 154 valence electrons. The van der Waals surface area contributed by atoms with Crippen molar-refractivity contribution >= 4 is 33.3 Å². The highest BCUT2D eigenvalue weighted by Gasteiger charge is 2.29. The summed E-state index contributed by atoms with van der Waals surface area (Å²) in [5.74, 6) is 1.28. The van der Waals surface area contributed by atoms with Crippen LogP contribution in [0.3, 0.4) is 0 Å². The fourth-order valence-electron chi connectivity index (χ4n) is 3.52. The molecule has 2 aliphatic rings. The Hall–Kier alpha value is -1.80. The summed E-state index contributed by atoms with van der Waals surface area (Å²) < 4.78 is 23.3. The van der Waals surface area contributed by atoms with E-state index in [1.54, 1.807) is 0 Å². The van der Waals surface area contributed by atoms with E-state index in [-0.39, 0.29) is 29.9 Å². The number of rotatable bonds is 5. The fraction of sp³-hybridized carbons (Fsp3) is 0.579. The monoisotopic (exact) mass is 426 g/mol. The second-order valence-corrected chi connectivity index (χ2v) is 9.99. The zero-order valence-electron chi connectivity index (χ0n) is 16.1. The van der Waals surface area contributed by atoms with Crippen LogP contribution < -0.4 is 5.32 Å². The summed E-state index contributed by atoms with van der Waals surface area (Å²) in [5, 5.41) is 3.91. The van der Waals surface area contributed by atoms with Gasteiger partial charge in [0, 0.05) is 37.7 Å². The zero-order valence-corrected chi connectivity index (χ0v) is 17.7. The van der Waals surface area contributed by atoms with E-state index >= 15 is 0 Å². The van der Waals surface area contributed by atoms with E-state index in [4.69, 9.17) is 11.6 Å². The van der Waals surface area contributed by atoms with Gasteiger partial charge in [0.15, 0.2) is 15.8 Å².